The van der Waals surface area contributed by atoms with Gasteiger partial charge in [-0.25, -0.2) is 0 Å². The van der Waals surface area contributed by atoms with Gasteiger partial charge in [0, 0.05) is 18.3 Å². The monoisotopic (exact) mass is 255 g/mol. The summed E-state index contributed by atoms with van der Waals surface area (Å²) in [7, 11) is 0. The van der Waals surface area contributed by atoms with Crippen molar-refractivity contribution in [3.63, 3.8) is 0 Å². The van der Waals surface area contributed by atoms with Crippen molar-refractivity contribution in [2.24, 2.45) is 0 Å². The van der Waals surface area contributed by atoms with Crippen LogP contribution in [0, 0.1) is 11.3 Å². The first-order valence-corrected chi connectivity index (χ1v) is 6.34. The van der Waals surface area contributed by atoms with Crippen LogP contribution in [0.4, 0.5) is 0 Å². The summed E-state index contributed by atoms with van der Waals surface area (Å²) in [4.78, 5) is 0. The predicted molar refractivity (Wildman–Crippen MR) is 72.3 cm³/mol. The Hall–Kier alpha value is -2.12. The molecule has 1 N–H and O–H groups in total. The average molecular weight is 255 g/mol. The molecule has 4 heteroatoms. The summed E-state index contributed by atoms with van der Waals surface area (Å²) in [5.41, 5.74) is 0.830. The Balaban J connectivity index is 2.37. The maximum absolute atomic E-state index is 10.7. The highest BCUT2D eigenvalue weighted by atomic mass is 16.3. The summed E-state index contributed by atoms with van der Waals surface area (Å²) in [6, 6.07) is 9.11. The highest BCUT2D eigenvalue weighted by Gasteiger charge is 2.27. The first-order valence-electron chi connectivity index (χ1n) is 6.34. The molecule has 0 aliphatic heterocycles. The summed E-state index contributed by atoms with van der Waals surface area (Å²) >= 11 is 0. The standard InChI is InChI=1S/C15H17N3O/c1-3-7-18-11-14(10-17-18)15(2,19)13-6-4-5-12(8-13)9-16/h4-6,8,10-11,19H,3,7H2,1-2H3. The maximum atomic E-state index is 10.7. The van der Waals surface area contributed by atoms with E-state index in [1.807, 2.05) is 16.9 Å². The molecule has 0 saturated carbocycles. The number of hydrogen-bond donors (Lipinski definition) is 1. The van der Waals surface area contributed by atoms with Gasteiger partial charge in [-0.15, -0.1) is 0 Å². The van der Waals surface area contributed by atoms with Crippen LogP contribution in [0.5, 0.6) is 0 Å². The van der Waals surface area contributed by atoms with Crippen molar-refractivity contribution in [3.8, 4) is 6.07 Å². The van der Waals surface area contributed by atoms with Crippen molar-refractivity contribution in [3.05, 3.63) is 53.3 Å². The van der Waals surface area contributed by atoms with Crippen LogP contribution in [0.2, 0.25) is 0 Å². The highest BCUT2D eigenvalue weighted by molar-refractivity contribution is 5.39. The van der Waals surface area contributed by atoms with Gasteiger partial charge in [-0.3, -0.25) is 4.68 Å². The molecule has 0 aliphatic carbocycles. The maximum Gasteiger partial charge on any atom is 0.115 e. The predicted octanol–water partition coefficient (Wildman–Crippen LogP) is 2.42. The fourth-order valence-electron chi connectivity index (χ4n) is 2.02. The van der Waals surface area contributed by atoms with Crippen LogP contribution in [0.15, 0.2) is 36.7 Å². The number of nitriles is 1. The van der Waals surface area contributed by atoms with E-state index in [1.54, 1.807) is 31.3 Å². The van der Waals surface area contributed by atoms with E-state index in [0.29, 0.717) is 11.1 Å². The summed E-state index contributed by atoms with van der Waals surface area (Å²) in [6.45, 7) is 4.63. The first kappa shape index (κ1) is 13.3. The van der Waals surface area contributed by atoms with Gasteiger partial charge in [-0.05, 0) is 31.0 Å². The molecule has 0 aliphatic rings. The number of hydrogen-bond acceptors (Lipinski definition) is 3. The second-order valence-corrected chi connectivity index (χ2v) is 4.76. The molecule has 1 heterocycles. The molecule has 0 saturated heterocycles. The van der Waals surface area contributed by atoms with Crippen molar-refractivity contribution in [1.29, 1.82) is 5.26 Å². The summed E-state index contributed by atoms with van der Waals surface area (Å²) in [6.07, 6.45) is 4.52. The minimum absolute atomic E-state index is 0.540. The number of benzene rings is 1. The van der Waals surface area contributed by atoms with Crippen LogP contribution in [0.3, 0.4) is 0 Å². The van der Waals surface area contributed by atoms with Crippen molar-refractivity contribution < 1.29 is 5.11 Å². The molecule has 98 valence electrons. The molecule has 0 fully saturated rings. The van der Waals surface area contributed by atoms with Gasteiger partial charge in [-0.1, -0.05) is 19.1 Å². The minimum atomic E-state index is -1.14. The second-order valence-electron chi connectivity index (χ2n) is 4.76. The molecule has 0 spiro atoms. The number of aromatic nitrogens is 2. The highest BCUT2D eigenvalue weighted by Crippen LogP contribution is 2.29. The van der Waals surface area contributed by atoms with Gasteiger partial charge in [-0.2, -0.15) is 10.4 Å². The van der Waals surface area contributed by atoms with Crippen LogP contribution < -0.4 is 0 Å². The summed E-state index contributed by atoms with van der Waals surface area (Å²) in [5, 5.41) is 23.9. The molecular formula is C15H17N3O. The number of aryl methyl sites for hydroxylation is 1. The van der Waals surface area contributed by atoms with Crippen molar-refractivity contribution >= 4 is 0 Å². The van der Waals surface area contributed by atoms with E-state index in [1.165, 1.54) is 0 Å². The van der Waals surface area contributed by atoms with Crippen LogP contribution in [-0.4, -0.2) is 14.9 Å². The lowest BCUT2D eigenvalue weighted by Gasteiger charge is -2.22. The van der Waals surface area contributed by atoms with Crippen LogP contribution in [-0.2, 0) is 12.1 Å². The molecule has 2 rings (SSSR count). The first-order chi connectivity index (χ1) is 9.07. The molecule has 4 nitrogen and oxygen atoms in total. The molecular weight excluding hydrogens is 238 g/mol. The third-order valence-corrected chi connectivity index (χ3v) is 3.20. The Kier molecular flexibility index (Phi) is 3.68. The Morgan fingerprint density at radius 2 is 2.21 bits per heavy atom. The lowest BCUT2D eigenvalue weighted by atomic mass is 9.89. The molecule has 19 heavy (non-hydrogen) atoms. The Morgan fingerprint density at radius 1 is 1.42 bits per heavy atom. The van der Waals surface area contributed by atoms with E-state index in [9.17, 15) is 5.11 Å². The van der Waals surface area contributed by atoms with Gasteiger partial charge in [0.05, 0.1) is 17.8 Å². The van der Waals surface area contributed by atoms with Gasteiger partial charge in [0.2, 0.25) is 0 Å². The number of aliphatic hydroxyl groups is 1. The van der Waals surface area contributed by atoms with Crippen molar-refractivity contribution in [2.75, 3.05) is 0 Å². The van der Waals surface area contributed by atoms with E-state index in [0.717, 1.165) is 18.5 Å². The Morgan fingerprint density at radius 3 is 2.89 bits per heavy atom. The molecule has 1 aromatic carbocycles. The van der Waals surface area contributed by atoms with E-state index in [4.69, 9.17) is 5.26 Å². The third kappa shape index (κ3) is 2.67. The normalized spacial score (nSPS) is 13.8. The molecule has 1 aromatic heterocycles. The van der Waals surface area contributed by atoms with E-state index < -0.39 is 5.60 Å². The van der Waals surface area contributed by atoms with Gasteiger partial charge in [0.25, 0.3) is 0 Å². The van der Waals surface area contributed by atoms with Crippen LogP contribution >= 0.6 is 0 Å². The topological polar surface area (TPSA) is 61.8 Å². The van der Waals surface area contributed by atoms with Gasteiger partial charge >= 0.3 is 0 Å². The third-order valence-electron chi connectivity index (χ3n) is 3.20. The quantitative estimate of drug-likeness (QED) is 0.912. The molecule has 0 amide bonds. The van der Waals surface area contributed by atoms with Crippen LogP contribution in [0.1, 0.15) is 37.0 Å². The molecule has 1 atom stereocenters. The van der Waals surface area contributed by atoms with Gasteiger partial charge in [0.15, 0.2) is 0 Å². The zero-order valence-corrected chi connectivity index (χ0v) is 11.2. The Labute approximate surface area is 112 Å². The SMILES string of the molecule is CCCn1cc(C(C)(O)c2cccc(C#N)c2)cn1. The smallest absolute Gasteiger partial charge is 0.115 e. The zero-order valence-electron chi connectivity index (χ0n) is 11.2. The number of nitrogens with zero attached hydrogens (tertiary/aromatic N) is 3. The fourth-order valence-corrected chi connectivity index (χ4v) is 2.02. The van der Waals surface area contributed by atoms with Gasteiger partial charge in [0.1, 0.15) is 5.60 Å². The van der Waals surface area contributed by atoms with E-state index >= 15 is 0 Å². The van der Waals surface area contributed by atoms with E-state index in [-0.39, 0.29) is 0 Å². The summed E-state index contributed by atoms with van der Waals surface area (Å²) < 4.78 is 1.82. The minimum Gasteiger partial charge on any atom is -0.381 e. The largest absolute Gasteiger partial charge is 0.381 e. The molecule has 0 radical (unpaired) electrons. The van der Waals surface area contributed by atoms with Crippen molar-refractivity contribution in [2.45, 2.75) is 32.4 Å². The molecule has 1 unspecified atom stereocenters. The Bertz CT molecular complexity index is 608. The fraction of sp³-hybridized carbons (Fsp3) is 0.333. The lowest BCUT2D eigenvalue weighted by Crippen LogP contribution is -2.22. The number of rotatable bonds is 4. The van der Waals surface area contributed by atoms with Crippen LogP contribution in [0.25, 0.3) is 0 Å². The molecule has 0 bridgehead atoms. The van der Waals surface area contributed by atoms with E-state index in [2.05, 4.69) is 18.1 Å². The average Bonchev–Trinajstić information content (AvgIpc) is 2.88. The zero-order chi connectivity index (χ0) is 13.9. The lowest BCUT2D eigenvalue weighted by molar-refractivity contribution is 0.102. The van der Waals surface area contributed by atoms with Gasteiger partial charge < -0.3 is 5.11 Å². The van der Waals surface area contributed by atoms with Crippen molar-refractivity contribution in [1.82, 2.24) is 9.78 Å². The summed E-state index contributed by atoms with van der Waals surface area (Å²) in [5.74, 6) is 0. The second kappa shape index (κ2) is 5.25. The molecule has 2 aromatic rings.